The molecule has 0 aliphatic carbocycles. The molecule has 0 bridgehead atoms. The van der Waals surface area contributed by atoms with Crippen molar-refractivity contribution in [2.24, 2.45) is 5.16 Å². The maximum absolute atomic E-state index is 13.6. The van der Waals surface area contributed by atoms with Crippen LogP contribution in [0, 0.1) is 5.82 Å². The highest BCUT2D eigenvalue weighted by Gasteiger charge is 2.25. The van der Waals surface area contributed by atoms with Crippen LogP contribution < -0.4 is 0 Å². The van der Waals surface area contributed by atoms with Crippen molar-refractivity contribution in [2.75, 3.05) is 13.1 Å². The fraction of sp³-hybridized carbons (Fsp3) is 0.348. The molecule has 5 heteroatoms. The molecule has 0 spiro atoms. The second-order valence-electron chi connectivity index (χ2n) is 7.18. The van der Waals surface area contributed by atoms with E-state index in [0.29, 0.717) is 32.5 Å². The second kappa shape index (κ2) is 10.2. The van der Waals surface area contributed by atoms with E-state index in [1.54, 1.807) is 12.1 Å². The summed E-state index contributed by atoms with van der Waals surface area (Å²) in [5, 5.41) is 14.6. The van der Waals surface area contributed by atoms with Gasteiger partial charge in [0.1, 0.15) is 11.9 Å². The van der Waals surface area contributed by atoms with E-state index in [0.717, 1.165) is 23.3 Å². The second-order valence-corrected chi connectivity index (χ2v) is 7.18. The Labute approximate surface area is 165 Å². The van der Waals surface area contributed by atoms with Crippen LogP contribution in [0.3, 0.4) is 0 Å². The van der Waals surface area contributed by atoms with Crippen LogP contribution in [0.25, 0.3) is 0 Å². The molecule has 1 heterocycles. The van der Waals surface area contributed by atoms with Crippen molar-refractivity contribution in [1.82, 2.24) is 4.90 Å². The molecule has 2 aromatic rings. The summed E-state index contributed by atoms with van der Waals surface area (Å²) in [6.07, 6.45) is 3.38. The number of halogens is 1. The molecule has 0 saturated heterocycles. The number of aliphatic hydroxyl groups excluding tert-OH is 1. The van der Waals surface area contributed by atoms with Gasteiger partial charge in [-0.15, -0.1) is 6.58 Å². The number of hydrogen-bond donors (Lipinski definition) is 1. The maximum atomic E-state index is 13.6. The van der Waals surface area contributed by atoms with Gasteiger partial charge >= 0.3 is 0 Å². The largest absolute Gasteiger partial charge is 0.392 e. The van der Waals surface area contributed by atoms with Crippen LogP contribution in [-0.2, 0) is 11.4 Å². The Morgan fingerprint density at radius 2 is 2.07 bits per heavy atom. The van der Waals surface area contributed by atoms with Gasteiger partial charge in [0.25, 0.3) is 0 Å². The Bertz CT molecular complexity index is 794. The Morgan fingerprint density at radius 3 is 2.82 bits per heavy atom. The number of rotatable bonds is 10. The summed E-state index contributed by atoms with van der Waals surface area (Å²) < 4.78 is 13.6. The van der Waals surface area contributed by atoms with E-state index < -0.39 is 6.10 Å². The first-order chi connectivity index (χ1) is 13.6. The molecule has 1 aliphatic heterocycles. The summed E-state index contributed by atoms with van der Waals surface area (Å²) in [6, 6.07) is 16.6. The lowest BCUT2D eigenvalue weighted by atomic mass is 10.0. The lowest BCUT2D eigenvalue weighted by molar-refractivity contribution is 0.0308. The van der Waals surface area contributed by atoms with Crippen LogP contribution in [0.15, 0.2) is 72.4 Å². The van der Waals surface area contributed by atoms with Gasteiger partial charge in [-0.25, -0.2) is 4.39 Å². The zero-order valence-electron chi connectivity index (χ0n) is 16.0. The zero-order chi connectivity index (χ0) is 19.8. The highest BCUT2D eigenvalue weighted by molar-refractivity contribution is 6.01. The number of aliphatic hydroxyl groups is 1. The summed E-state index contributed by atoms with van der Waals surface area (Å²) in [5.74, 6) is -0.253. The fourth-order valence-corrected chi connectivity index (χ4v) is 3.41. The Kier molecular flexibility index (Phi) is 7.34. The smallest absolute Gasteiger partial charge is 0.145 e. The lowest BCUT2D eigenvalue weighted by Gasteiger charge is -2.27. The average Bonchev–Trinajstić information content (AvgIpc) is 3.15. The highest BCUT2D eigenvalue weighted by Crippen LogP contribution is 2.19. The van der Waals surface area contributed by atoms with Gasteiger partial charge in [-0.05, 0) is 36.1 Å². The Balaban J connectivity index is 1.62. The number of oxime groups is 1. The zero-order valence-corrected chi connectivity index (χ0v) is 16.0. The van der Waals surface area contributed by atoms with Gasteiger partial charge in [0, 0.05) is 26.1 Å². The maximum Gasteiger partial charge on any atom is 0.145 e. The predicted molar refractivity (Wildman–Crippen MR) is 110 cm³/mol. The van der Waals surface area contributed by atoms with Gasteiger partial charge in [-0.3, -0.25) is 4.90 Å². The minimum atomic E-state index is -0.470. The molecule has 1 aliphatic rings. The van der Waals surface area contributed by atoms with Gasteiger partial charge in [0.05, 0.1) is 11.8 Å². The fourth-order valence-electron chi connectivity index (χ4n) is 3.41. The molecule has 1 N–H and O–H groups in total. The Hall–Kier alpha value is -2.50. The van der Waals surface area contributed by atoms with E-state index in [4.69, 9.17) is 4.84 Å². The number of nitrogens with zero attached hydrogens (tertiary/aromatic N) is 2. The van der Waals surface area contributed by atoms with E-state index in [-0.39, 0.29) is 11.9 Å². The summed E-state index contributed by atoms with van der Waals surface area (Å²) in [7, 11) is 0. The SMILES string of the molecule is C=CCC[C@H](O)CN(Cc1cccc(F)c1)C[C@H]1CC(c2ccccc2)=NO1. The third kappa shape index (κ3) is 6.01. The molecule has 0 unspecified atom stereocenters. The van der Waals surface area contributed by atoms with Crippen molar-refractivity contribution < 1.29 is 14.3 Å². The van der Waals surface area contributed by atoms with Gasteiger partial charge in [-0.1, -0.05) is 53.7 Å². The third-order valence-corrected chi connectivity index (χ3v) is 4.77. The van der Waals surface area contributed by atoms with Crippen LogP contribution in [0.2, 0.25) is 0 Å². The molecule has 0 fully saturated rings. The van der Waals surface area contributed by atoms with E-state index in [2.05, 4.69) is 16.6 Å². The van der Waals surface area contributed by atoms with Gasteiger partial charge in [-0.2, -0.15) is 0 Å². The van der Waals surface area contributed by atoms with Gasteiger partial charge in [0.15, 0.2) is 0 Å². The van der Waals surface area contributed by atoms with Gasteiger partial charge < -0.3 is 9.94 Å². The molecular formula is C23H27FN2O2. The predicted octanol–water partition coefficient (Wildman–Crippen LogP) is 4.15. The monoisotopic (exact) mass is 382 g/mol. The molecule has 0 saturated carbocycles. The summed E-state index contributed by atoms with van der Waals surface area (Å²) >= 11 is 0. The minimum absolute atomic E-state index is 0.0876. The van der Waals surface area contributed by atoms with Crippen molar-refractivity contribution in [1.29, 1.82) is 0 Å². The van der Waals surface area contributed by atoms with E-state index >= 15 is 0 Å². The Morgan fingerprint density at radius 1 is 1.25 bits per heavy atom. The van der Waals surface area contributed by atoms with Crippen LogP contribution >= 0.6 is 0 Å². The van der Waals surface area contributed by atoms with Crippen molar-refractivity contribution >= 4 is 5.71 Å². The number of benzene rings is 2. The normalized spacial score (nSPS) is 17.2. The summed E-state index contributed by atoms with van der Waals surface area (Å²) in [4.78, 5) is 7.76. The number of allylic oxidation sites excluding steroid dienone is 1. The van der Waals surface area contributed by atoms with Crippen LogP contribution in [0.4, 0.5) is 4.39 Å². The van der Waals surface area contributed by atoms with Crippen LogP contribution in [0.1, 0.15) is 30.4 Å². The molecule has 0 aromatic heterocycles. The first-order valence-corrected chi connectivity index (χ1v) is 9.68. The summed E-state index contributed by atoms with van der Waals surface area (Å²) in [6.45, 7) is 5.36. The molecule has 28 heavy (non-hydrogen) atoms. The molecule has 0 radical (unpaired) electrons. The van der Waals surface area contributed by atoms with E-state index in [1.165, 1.54) is 12.1 Å². The van der Waals surface area contributed by atoms with Crippen molar-refractivity contribution in [2.45, 2.75) is 38.0 Å². The third-order valence-electron chi connectivity index (χ3n) is 4.77. The average molecular weight is 382 g/mol. The van der Waals surface area contributed by atoms with Crippen molar-refractivity contribution in [3.8, 4) is 0 Å². The van der Waals surface area contributed by atoms with E-state index in [9.17, 15) is 9.50 Å². The van der Waals surface area contributed by atoms with Gasteiger partial charge in [0.2, 0.25) is 0 Å². The topological polar surface area (TPSA) is 45.1 Å². The minimum Gasteiger partial charge on any atom is -0.392 e. The highest BCUT2D eigenvalue weighted by atomic mass is 19.1. The van der Waals surface area contributed by atoms with Crippen LogP contribution in [-0.4, -0.2) is 41.0 Å². The summed E-state index contributed by atoms with van der Waals surface area (Å²) in [5.41, 5.74) is 2.87. The van der Waals surface area contributed by atoms with Crippen molar-refractivity contribution in [3.63, 3.8) is 0 Å². The van der Waals surface area contributed by atoms with Crippen molar-refractivity contribution in [3.05, 3.63) is 84.2 Å². The first kappa shape index (κ1) is 20.2. The first-order valence-electron chi connectivity index (χ1n) is 9.68. The molecule has 0 amide bonds. The molecule has 4 nitrogen and oxygen atoms in total. The molecule has 2 aromatic carbocycles. The molecule has 3 rings (SSSR count). The quantitative estimate of drug-likeness (QED) is 0.628. The molecule has 148 valence electrons. The van der Waals surface area contributed by atoms with E-state index in [1.807, 2.05) is 36.4 Å². The number of hydrogen-bond acceptors (Lipinski definition) is 4. The molecular weight excluding hydrogens is 355 g/mol. The molecule has 2 atom stereocenters. The van der Waals surface area contributed by atoms with Crippen LogP contribution in [0.5, 0.6) is 0 Å². The lowest BCUT2D eigenvalue weighted by Crippen LogP contribution is -2.37. The standard InChI is InChI=1S/C23H27FN2O2/c1-2-3-12-21(27)16-26(15-18-8-7-11-20(24)13-18)17-22-14-23(25-28-22)19-9-5-4-6-10-19/h2,4-11,13,21-22,27H,1,3,12,14-17H2/t21-,22+/m0/s1.